The third-order valence-corrected chi connectivity index (χ3v) is 4.81. The van der Waals surface area contributed by atoms with Crippen LogP contribution < -0.4 is 0 Å². The molecule has 1 aromatic carbocycles. The Hall–Kier alpha value is -0.640. The lowest BCUT2D eigenvalue weighted by molar-refractivity contribution is -0.00943. The minimum atomic E-state index is -0.783. The highest BCUT2D eigenvalue weighted by Gasteiger charge is 2.46. The average Bonchev–Trinajstić information content (AvgIpc) is 2.72. The van der Waals surface area contributed by atoms with Crippen molar-refractivity contribution in [3.63, 3.8) is 0 Å². The SMILES string of the molecule is OC1(Cc2ccc(Cl)cc2F)CCN2CCCCC21. The molecule has 2 fully saturated rings. The maximum atomic E-state index is 13.9. The molecule has 0 saturated carbocycles. The van der Waals surface area contributed by atoms with E-state index in [0.29, 0.717) is 17.0 Å². The first-order valence-corrected chi connectivity index (χ1v) is 7.37. The number of aliphatic hydroxyl groups is 1. The second kappa shape index (κ2) is 5.04. The Morgan fingerprint density at radius 2 is 2.21 bits per heavy atom. The summed E-state index contributed by atoms with van der Waals surface area (Å²) in [5, 5.41) is 11.3. The maximum absolute atomic E-state index is 13.9. The molecule has 1 aromatic rings. The zero-order valence-corrected chi connectivity index (χ0v) is 11.7. The molecular weight excluding hydrogens is 265 g/mol. The third kappa shape index (κ3) is 2.51. The second-order valence-corrected chi connectivity index (χ2v) is 6.25. The molecule has 2 aliphatic rings. The van der Waals surface area contributed by atoms with Crippen molar-refractivity contribution in [2.24, 2.45) is 0 Å². The maximum Gasteiger partial charge on any atom is 0.127 e. The normalized spacial score (nSPS) is 31.4. The van der Waals surface area contributed by atoms with Crippen LogP contribution in [0.1, 0.15) is 31.2 Å². The highest BCUT2D eigenvalue weighted by atomic mass is 35.5. The van der Waals surface area contributed by atoms with Gasteiger partial charge in [-0.2, -0.15) is 0 Å². The van der Waals surface area contributed by atoms with Gasteiger partial charge in [0, 0.05) is 24.0 Å². The van der Waals surface area contributed by atoms with E-state index >= 15 is 0 Å². The zero-order valence-electron chi connectivity index (χ0n) is 10.9. The van der Waals surface area contributed by atoms with E-state index < -0.39 is 5.60 Å². The van der Waals surface area contributed by atoms with Crippen LogP contribution in [0.3, 0.4) is 0 Å². The van der Waals surface area contributed by atoms with Gasteiger partial charge in [-0.3, -0.25) is 4.90 Å². The van der Waals surface area contributed by atoms with E-state index in [-0.39, 0.29) is 11.9 Å². The van der Waals surface area contributed by atoms with Crippen LogP contribution >= 0.6 is 11.6 Å². The Bertz CT molecular complexity index is 481. The minimum Gasteiger partial charge on any atom is -0.388 e. The fourth-order valence-electron chi connectivity index (χ4n) is 3.57. The predicted molar refractivity (Wildman–Crippen MR) is 73.9 cm³/mol. The summed E-state index contributed by atoms with van der Waals surface area (Å²) < 4.78 is 13.9. The molecule has 0 bridgehead atoms. The zero-order chi connectivity index (χ0) is 13.5. The van der Waals surface area contributed by atoms with Gasteiger partial charge in [0.05, 0.1) is 5.60 Å². The van der Waals surface area contributed by atoms with Crippen molar-refractivity contribution in [2.45, 2.75) is 43.7 Å². The van der Waals surface area contributed by atoms with Crippen LogP contribution in [0, 0.1) is 5.82 Å². The number of fused-ring (bicyclic) bond motifs is 1. The van der Waals surface area contributed by atoms with Crippen LogP contribution in [0.25, 0.3) is 0 Å². The monoisotopic (exact) mass is 283 g/mol. The molecule has 2 atom stereocenters. The van der Waals surface area contributed by atoms with Crippen LogP contribution in [-0.2, 0) is 6.42 Å². The van der Waals surface area contributed by atoms with Gasteiger partial charge < -0.3 is 5.11 Å². The summed E-state index contributed by atoms with van der Waals surface area (Å²) in [5.41, 5.74) is -0.214. The van der Waals surface area contributed by atoms with Crippen LogP contribution in [-0.4, -0.2) is 34.7 Å². The molecule has 0 aromatic heterocycles. The first kappa shape index (κ1) is 13.3. The number of hydrogen-bond acceptors (Lipinski definition) is 2. The number of piperidine rings is 1. The summed E-state index contributed by atoms with van der Waals surface area (Å²) >= 11 is 5.77. The lowest BCUT2D eigenvalue weighted by Gasteiger charge is -2.37. The van der Waals surface area contributed by atoms with Crippen molar-refractivity contribution >= 4 is 11.6 Å². The fraction of sp³-hybridized carbons (Fsp3) is 0.600. The van der Waals surface area contributed by atoms with E-state index in [1.165, 1.54) is 12.5 Å². The molecule has 0 spiro atoms. The van der Waals surface area contributed by atoms with E-state index in [0.717, 1.165) is 32.4 Å². The van der Waals surface area contributed by atoms with Crippen molar-refractivity contribution in [1.82, 2.24) is 4.90 Å². The molecule has 1 N–H and O–H groups in total. The number of benzene rings is 1. The van der Waals surface area contributed by atoms with E-state index in [9.17, 15) is 9.50 Å². The molecule has 0 aliphatic carbocycles. The third-order valence-electron chi connectivity index (χ3n) is 4.58. The van der Waals surface area contributed by atoms with Gasteiger partial charge in [-0.25, -0.2) is 4.39 Å². The minimum absolute atomic E-state index is 0.191. The molecule has 2 saturated heterocycles. The first-order chi connectivity index (χ1) is 9.08. The Morgan fingerprint density at radius 3 is 3.00 bits per heavy atom. The van der Waals surface area contributed by atoms with Crippen molar-refractivity contribution in [2.75, 3.05) is 13.1 Å². The molecule has 2 nitrogen and oxygen atoms in total. The summed E-state index contributed by atoms with van der Waals surface area (Å²) in [5.74, 6) is -0.310. The molecule has 104 valence electrons. The van der Waals surface area contributed by atoms with E-state index in [1.54, 1.807) is 12.1 Å². The molecule has 19 heavy (non-hydrogen) atoms. The summed E-state index contributed by atoms with van der Waals surface area (Å²) in [4.78, 5) is 2.36. The van der Waals surface area contributed by atoms with E-state index in [2.05, 4.69) is 4.90 Å². The van der Waals surface area contributed by atoms with Crippen molar-refractivity contribution < 1.29 is 9.50 Å². The number of rotatable bonds is 2. The van der Waals surface area contributed by atoms with Crippen molar-refractivity contribution in [1.29, 1.82) is 0 Å². The van der Waals surface area contributed by atoms with Gasteiger partial charge in [-0.1, -0.05) is 24.1 Å². The molecule has 3 rings (SSSR count). The molecule has 2 unspecified atom stereocenters. The van der Waals surface area contributed by atoms with Crippen LogP contribution in [0.4, 0.5) is 4.39 Å². The van der Waals surface area contributed by atoms with Crippen LogP contribution in [0.5, 0.6) is 0 Å². The van der Waals surface area contributed by atoms with Gasteiger partial charge in [0.25, 0.3) is 0 Å². The Labute approximate surface area is 118 Å². The number of halogens is 2. The van der Waals surface area contributed by atoms with Gasteiger partial charge in [-0.15, -0.1) is 0 Å². The molecule has 0 amide bonds. The second-order valence-electron chi connectivity index (χ2n) is 5.81. The predicted octanol–water partition coefficient (Wildman–Crippen LogP) is 3.01. The summed E-state index contributed by atoms with van der Waals surface area (Å²) in [6, 6.07) is 4.91. The van der Waals surface area contributed by atoms with Crippen LogP contribution in [0.15, 0.2) is 18.2 Å². The lowest BCUT2D eigenvalue weighted by atomic mass is 9.83. The highest BCUT2D eigenvalue weighted by molar-refractivity contribution is 6.30. The van der Waals surface area contributed by atoms with Gasteiger partial charge >= 0.3 is 0 Å². The Kier molecular flexibility index (Phi) is 3.54. The number of nitrogens with zero attached hydrogens (tertiary/aromatic N) is 1. The van der Waals surface area contributed by atoms with Gasteiger partial charge in [0.2, 0.25) is 0 Å². The van der Waals surface area contributed by atoms with Gasteiger partial charge in [0.1, 0.15) is 5.82 Å². The summed E-state index contributed by atoms with van der Waals surface area (Å²) in [6.07, 6.45) is 4.51. The Morgan fingerprint density at radius 1 is 1.37 bits per heavy atom. The topological polar surface area (TPSA) is 23.5 Å². The quantitative estimate of drug-likeness (QED) is 0.902. The Balaban J connectivity index is 1.81. The first-order valence-electron chi connectivity index (χ1n) is 6.99. The molecular formula is C15H19ClFNO. The summed E-state index contributed by atoms with van der Waals surface area (Å²) in [6.45, 7) is 1.99. The van der Waals surface area contributed by atoms with Crippen molar-refractivity contribution in [3.8, 4) is 0 Å². The van der Waals surface area contributed by atoms with Gasteiger partial charge in [-0.05, 0) is 43.5 Å². The average molecular weight is 284 g/mol. The van der Waals surface area contributed by atoms with E-state index in [4.69, 9.17) is 11.6 Å². The fourth-order valence-corrected chi connectivity index (χ4v) is 3.73. The summed E-state index contributed by atoms with van der Waals surface area (Å²) in [7, 11) is 0. The molecule has 2 aliphatic heterocycles. The molecule has 0 radical (unpaired) electrons. The largest absolute Gasteiger partial charge is 0.388 e. The molecule has 4 heteroatoms. The van der Waals surface area contributed by atoms with E-state index in [1.807, 2.05) is 0 Å². The standard InChI is InChI=1S/C15H19ClFNO/c16-12-5-4-11(13(17)9-12)10-15(19)6-8-18-7-2-1-3-14(15)18/h4-5,9,14,19H,1-3,6-8,10H2. The molecule has 2 heterocycles. The lowest BCUT2D eigenvalue weighted by Crippen LogP contribution is -2.48. The smallest absolute Gasteiger partial charge is 0.127 e. The van der Waals surface area contributed by atoms with Crippen molar-refractivity contribution in [3.05, 3.63) is 34.6 Å². The van der Waals surface area contributed by atoms with Gasteiger partial charge in [0.15, 0.2) is 0 Å². The number of hydrogen-bond donors (Lipinski definition) is 1. The highest BCUT2D eigenvalue weighted by Crippen LogP contribution is 2.37. The van der Waals surface area contributed by atoms with Crippen LogP contribution in [0.2, 0.25) is 5.02 Å².